The molecule has 3 aromatic rings. The van der Waals surface area contributed by atoms with Crippen molar-refractivity contribution in [2.24, 2.45) is 16.0 Å². The molecule has 0 bridgehead atoms. The lowest BCUT2D eigenvalue weighted by Crippen LogP contribution is -2.41. The highest BCUT2D eigenvalue weighted by molar-refractivity contribution is 7.91. The molecule has 4 heterocycles. The van der Waals surface area contributed by atoms with E-state index in [9.17, 15) is 13.2 Å². The van der Waals surface area contributed by atoms with Gasteiger partial charge in [-0.25, -0.2) is 4.98 Å². The highest BCUT2D eigenvalue weighted by Gasteiger charge is 2.27. The summed E-state index contributed by atoms with van der Waals surface area (Å²) in [5.74, 6) is 0.462. The molecular formula is C21H22N6O4S. The van der Waals surface area contributed by atoms with E-state index < -0.39 is 10.2 Å². The summed E-state index contributed by atoms with van der Waals surface area (Å²) in [4.78, 5) is 19.1. The van der Waals surface area contributed by atoms with Gasteiger partial charge in [0.25, 0.3) is 5.91 Å². The second-order valence-corrected chi connectivity index (χ2v) is 9.25. The molecule has 0 aliphatic carbocycles. The number of hydrogen-bond acceptors (Lipinski definition) is 6. The largest absolute Gasteiger partial charge is 0.492 e. The van der Waals surface area contributed by atoms with Crippen molar-refractivity contribution in [3.05, 3.63) is 60.0 Å². The maximum Gasteiger partial charge on any atom is 0.344 e. The van der Waals surface area contributed by atoms with Crippen LogP contribution in [0.3, 0.4) is 0 Å². The summed E-state index contributed by atoms with van der Waals surface area (Å²) in [5, 5.41) is 0. The van der Waals surface area contributed by atoms with Crippen molar-refractivity contribution in [3.63, 3.8) is 0 Å². The van der Waals surface area contributed by atoms with Gasteiger partial charge in [-0.1, -0.05) is 6.07 Å². The number of fused-ring (bicyclic) bond motifs is 2. The third kappa shape index (κ3) is 3.86. The summed E-state index contributed by atoms with van der Waals surface area (Å²) in [6, 6.07) is 8.63. The van der Waals surface area contributed by atoms with E-state index in [1.165, 1.54) is 0 Å². The van der Waals surface area contributed by atoms with Crippen molar-refractivity contribution >= 4 is 33.3 Å². The molecule has 0 unspecified atom stereocenters. The number of rotatable bonds is 4. The molecule has 5 rings (SSSR count). The van der Waals surface area contributed by atoms with Crippen LogP contribution in [-0.2, 0) is 10.2 Å². The van der Waals surface area contributed by atoms with Gasteiger partial charge in [-0.3, -0.25) is 9.52 Å². The van der Waals surface area contributed by atoms with E-state index in [2.05, 4.69) is 14.1 Å². The van der Waals surface area contributed by atoms with E-state index in [-0.39, 0.29) is 17.7 Å². The lowest BCUT2D eigenvalue weighted by atomic mass is 9.98. The Hall–Kier alpha value is -3.60. The number of nitrogens with one attached hydrogen (secondary N) is 1. The van der Waals surface area contributed by atoms with E-state index in [1.807, 2.05) is 21.7 Å². The van der Waals surface area contributed by atoms with Crippen LogP contribution < -0.4 is 15.2 Å². The Morgan fingerprint density at radius 2 is 2.16 bits per heavy atom. The molecule has 10 nitrogen and oxygen atoms in total. The first-order valence-electron chi connectivity index (χ1n) is 10.3. The van der Waals surface area contributed by atoms with E-state index >= 15 is 0 Å². The van der Waals surface area contributed by atoms with Crippen LogP contribution in [0.25, 0.3) is 5.65 Å². The molecular weight excluding hydrogens is 432 g/mol. The molecule has 1 aromatic carbocycles. The minimum atomic E-state index is -3.84. The molecule has 0 spiro atoms. The number of anilines is 1. The van der Waals surface area contributed by atoms with Crippen LogP contribution in [-0.4, -0.2) is 54.1 Å². The summed E-state index contributed by atoms with van der Waals surface area (Å²) in [6.45, 7) is 1.64. The second kappa shape index (κ2) is 7.83. The number of imidazole rings is 1. The molecule has 32 heavy (non-hydrogen) atoms. The second-order valence-electron chi connectivity index (χ2n) is 7.91. The number of nitrogens with zero attached hydrogens (tertiary/aromatic N) is 4. The number of carbonyl (C=O) groups is 1. The lowest BCUT2D eigenvalue weighted by molar-refractivity contribution is 0.0633. The van der Waals surface area contributed by atoms with Crippen molar-refractivity contribution in [1.82, 2.24) is 14.3 Å². The minimum Gasteiger partial charge on any atom is -0.492 e. The first kappa shape index (κ1) is 20.3. The van der Waals surface area contributed by atoms with Gasteiger partial charge in [0.05, 0.1) is 17.9 Å². The van der Waals surface area contributed by atoms with E-state index in [0.29, 0.717) is 42.3 Å². The zero-order chi connectivity index (χ0) is 22.3. The fraction of sp³-hybridized carbons (Fsp3) is 0.286. The molecule has 2 aliphatic heterocycles. The van der Waals surface area contributed by atoms with Crippen LogP contribution >= 0.6 is 0 Å². The van der Waals surface area contributed by atoms with Gasteiger partial charge in [-0.2, -0.15) is 8.42 Å². The van der Waals surface area contributed by atoms with Gasteiger partial charge < -0.3 is 19.8 Å². The summed E-state index contributed by atoms with van der Waals surface area (Å²) in [6.07, 6.45) is 7.17. The first-order valence-corrected chi connectivity index (χ1v) is 11.7. The standard InChI is InChI=1S/C21H22N6O4S/c22-20-19-16(24-32(29,30)25-20)4-1-5-17(19)31-13-14-3-2-8-27(12-14)21(28)15-6-9-26-10-7-23-18(26)11-15/h1,4-7,9-11,14,24H,2-3,8,12-13H2,(H2,22,25)/t14-/m0/s1. The zero-order valence-corrected chi connectivity index (χ0v) is 18.0. The lowest BCUT2D eigenvalue weighted by Gasteiger charge is -2.33. The number of ether oxygens (including phenoxy) is 1. The average Bonchev–Trinajstić information content (AvgIpc) is 3.24. The van der Waals surface area contributed by atoms with Crippen LogP contribution in [0.2, 0.25) is 0 Å². The monoisotopic (exact) mass is 454 g/mol. The number of benzene rings is 1. The topological polar surface area (TPSA) is 131 Å². The van der Waals surface area contributed by atoms with Gasteiger partial charge in [-0.15, -0.1) is 4.40 Å². The molecule has 1 amide bonds. The number of aromatic nitrogens is 2. The molecule has 3 N–H and O–H groups in total. The van der Waals surface area contributed by atoms with Gasteiger partial charge in [0.2, 0.25) is 0 Å². The Morgan fingerprint density at radius 1 is 1.28 bits per heavy atom. The van der Waals surface area contributed by atoms with E-state index in [1.54, 1.807) is 36.5 Å². The zero-order valence-electron chi connectivity index (χ0n) is 17.1. The number of nitrogens with two attached hydrogens (primary N) is 1. The van der Waals surface area contributed by atoms with Crippen LogP contribution in [0.1, 0.15) is 28.8 Å². The minimum absolute atomic E-state index is 0.0249. The average molecular weight is 455 g/mol. The quantitative estimate of drug-likeness (QED) is 0.616. The van der Waals surface area contributed by atoms with Crippen molar-refractivity contribution in [2.75, 3.05) is 24.4 Å². The molecule has 1 fully saturated rings. The molecule has 2 aliphatic rings. The molecule has 0 saturated carbocycles. The number of likely N-dealkylation sites (tertiary alicyclic amines) is 1. The first-order chi connectivity index (χ1) is 15.4. The van der Waals surface area contributed by atoms with Gasteiger partial charge in [0.15, 0.2) is 5.84 Å². The van der Waals surface area contributed by atoms with Crippen LogP contribution in [0.4, 0.5) is 5.69 Å². The number of piperidine rings is 1. The fourth-order valence-electron chi connectivity index (χ4n) is 4.16. The Balaban J connectivity index is 1.28. The van der Waals surface area contributed by atoms with E-state index in [4.69, 9.17) is 10.5 Å². The highest BCUT2D eigenvalue weighted by atomic mass is 32.2. The van der Waals surface area contributed by atoms with Crippen molar-refractivity contribution in [2.45, 2.75) is 12.8 Å². The smallest absolute Gasteiger partial charge is 0.344 e. The predicted octanol–water partition coefficient (Wildman–Crippen LogP) is 1.64. The normalized spacial score (nSPS) is 19.7. The summed E-state index contributed by atoms with van der Waals surface area (Å²) >= 11 is 0. The number of carbonyl (C=O) groups excluding carboxylic acids is 1. The maximum atomic E-state index is 13.0. The SMILES string of the molecule is NC1=NS(=O)(=O)Nc2cccc(OC[C@H]3CCCN(C(=O)c4ccn5ccnc5c4)C3)c21. The Morgan fingerprint density at radius 3 is 3.03 bits per heavy atom. The van der Waals surface area contributed by atoms with Gasteiger partial charge >= 0.3 is 10.2 Å². The van der Waals surface area contributed by atoms with Crippen molar-refractivity contribution < 1.29 is 17.9 Å². The molecule has 2 aromatic heterocycles. The molecule has 11 heteroatoms. The van der Waals surface area contributed by atoms with Gasteiger partial charge in [0, 0.05) is 43.2 Å². The third-order valence-electron chi connectivity index (χ3n) is 5.67. The Kier molecular flexibility index (Phi) is 4.97. The highest BCUT2D eigenvalue weighted by Crippen LogP contribution is 2.31. The molecule has 1 saturated heterocycles. The van der Waals surface area contributed by atoms with Gasteiger partial charge in [0.1, 0.15) is 11.4 Å². The number of pyridine rings is 1. The van der Waals surface area contributed by atoms with E-state index in [0.717, 1.165) is 18.5 Å². The predicted molar refractivity (Wildman–Crippen MR) is 119 cm³/mol. The summed E-state index contributed by atoms with van der Waals surface area (Å²) < 4.78 is 37.3. The molecule has 166 valence electrons. The summed E-state index contributed by atoms with van der Waals surface area (Å²) in [5.41, 5.74) is 7.99. The Bertz CT molecular complexity index is 1330. The Labute approximate surface area is 184 Å². The fourth-order valence-corrected chi connectivity index (χ4v) is 5.00. The van der Waals surface area contributed by atoms with Gasteiger partial charge in [-0.05, 0) is 37.1 Å². The van der Waals surface area contributed by atoms with Crippen molar-refractivity contribution in [1.29, 1.82) is 0 Å². The number of hydrogen-bond donors (Lipinski definition) is 2. The van der Waals surface area contributed by atoms with Crippen LogP contribution in [0.15, 0.2) is 53.3 Å². The number of amides is 1. The maximum absolute atomic E-state index is 13.0. The summed E-state index contributed by atoms with van der Waals surface area (Å²) in [7, 11) is -3.84. The van der Waals surface area contributed by atoms with Crippen LogP contribution in [0, 0.1) is 5.92 Å². The number of amidine groups is 1. The third-order valence-corrected chi connectivity index (χ3v) is 6.58. The van der Waals surface area contributed by atoms with Crippen LogP contribution in [0.5, 0.6) is 5.75 Å². The molecule has 0 radical (unpaired) electrons. The molecule has 1 atom stereocenters. The van der Waals surface area contributed by atoms with Crippen molar-refractivity contribution in [3.8, 4) is 5.75 Å².